The van der Waals surface area contributed by atoms with E-state index in [1.54, 1.807) is 17.5 Å². The van der Waals surface area contributed by atoms with E-state index in [1.165, 1.54) is 0 Å². The van der Waals surface area contributed by atoms with E-state index in [1.807, 2.05) is 30.3 Å². The van der Waals surface area contributed by atoms with Crippen LogP contribution in [0.4, 0.5) is 10.9 Å². The highest BCUT2D eigenvalue weighted by Crippen LogP contribution is 2.41. The van der Waals surface area contributed by atoms with E-state index in [-0.39, 0.29) is 12.3 Å². The molecule has 0 radical (unpaired) electrons. The fraction of sp³-hybridized carbons (Fsp3) is 0.429. The Hall–Kier alpha value is -2.94. The van der Waals surface area contributed by atoms with Crippen LogP contribution in [-0.2, 0) is 17.6 Å². The number of hydrogen-bond acceptors (Lipinski definition) is 8. The number of pyridine rings is 1. The summed E-state index contributed by atoms with van der Waals surface area (Å²) in [5, 5.41) is 25.1. The number of nitrogens with one attached hydrogen (secondary N) is 2. The molecule has 0 aromatic carbocycles. The molecular weight excluding hydrogens is 398 g/mol. The average Bonchev–Trinajstić information content (AvgIpc) is 3.40. The van der Waals surface area contributed by atoms with Crippen LogP contribution < -0.4 is 10.6 Å². The third-order valence-electron chi connectivity index (χ3n) is 5.21. The third kappa shape index (κ3) is 5.35. The molecule has 1 aliphatic carbocycles. The Kier molecular flexibility index (Phi) is 6.58. The Labute approximate surface area is 179 Å². The lowest BCUT2D eigenvalue weighted by Gasteiger charge is -2.09. The molecule has 0 spiro atoms. The smallest absolute Gasteiger partial charge is 0.231 e. The molecule has 3 aromatic rings. The van der Waals surface area contributed by atoms with Gasteiger partial charge in [0.1, 0.15) is 5.01 Å². The standard InChI is InChI=1S/C21H25N7OS/c1-2-22-21-28-27-20(30-21)15-7-6-14(11-15)12-17-8-9-18(26-25-17)24-19(29)13-16-5-3-4-10-23-16/h3-5,8-10,14-15H,2,6-7,11-13H2,1H3,(H,22,28)(H,24,26,29). The second kappa shape index (κ2) is 9.71. The number of nitrogens with zero attached hydrogens (tertiary/aromatic N) is 5. The summed E-state index contributed by atoms with van der Waals surface area (Å²) in [7, 11) is 0. The van der Waals surface area contributed by atoms with Crippen LogP contribution >= 0.6 is 11.3 Å². The van der Waals surface area contributed by atoms with Crippen molar-refractivity contribution in [3.63, 3.8) is 0 Å². The molecular formula is C21H25N7OS. The number of rotatable bonds is 8. The van der Waals surface area contributed by atoms with Crippen molar-refractivity contribution in [1.82, 2.24) is 25.4 Å². The van der Waals surface area contributed by atoms with E-state index in [9.17, 15) is 4.79 Å². The number of aromatic nitrogens is 5. The molecule has 3 heterocycles. The van der Waals surface area contributed by atoms with Gasteiger partial charge in [0.05, 0.1) is 12.1 Å². The molecule has 1 aliphatic rings. The van der Waals surface area contributed by atoms with Crippen LogP contribution in [0.2, 0.25) is 0 Å². The molecule has 1 fully saturated rings. The molecule has 1 amide bonds. The van der Waals surface area contributed by atoms with Gasteiger partial charge < -0.3 is 10.6 Å². The normalized spacial score (nSPS) is 18.3. The SMILES string of the molecule is CCNc1nnc(C2CCC(Cc3ccc(NC(=O)Cc4ccccn4)nn3)C2)s1. The van der Waals surface area contributed by atoms with Gasteiger partial charge in [-0.25, -0.2) is 0 Å². The first-order valence-corrected chi connectivity index (χ1v) is 11.1. The van der Waals surface area contributed by atoms with Crippen molar-refractivity contribution < 1.29 is 4.79 Å². The van der Waals surface area contributed by atoms with Crippen LogP contribution in [0.25, 0.3) is 0 Å². The minimum atomic E-state index is -0.150. The first-order chi connectivity index (χ1) is 14.7. The number of anilines is 2. The van der Waals surface area contributed by atoms with Crippen molar-refractivity contribution in [2.45, 2.75) is 44.9 Å². The highest BCUT2D eigenvalue weighted by Gasteiger charge is 2.29. The first kappa shape index (κ1) is 20.3. The second-order valence-corrected chi connectivity index (χ2v) is 8.52. The van der Waals surface area contributed by atoms with Crippen LogP contribution in [0.15, 0.2) is 36.5 Å². The Balaban J connectivity index is 1.27. The van der Waals surface area contributed by atoms with Gasteiger partial charge in [0.25, 0.3) is 0 Å². The maximum atomic E-state index is 12.1. The minimum Gasteiger partial charge on any atom is -0.360 e. The van der Waals surface area contributed by atoms with Crippen LogP contribution in [0.1, 0.15) is 48.5 Å². The van der Waals surface area contributed by atoms with E-state index in [0.717, 1.165) is 53.8 Å². The van der Waals surface area contributed by atoms with E-state index >= 15 is 0 Å². The summed E-state index contributed by atoms with van der Waals surface area (Å²) >= 11 is 1.67. The van der Waals surface area contributed by atoms with Crippen molar-refractivity contribution in [2.75, 3.05) is 17.2 Å². The Morgan fingerprint density at radius 3 is 2.80 bits per heavy atom. The summed E-state index contributed by atoms with van der Waals surface area (Å²) in [5.41, 5.74) is 1.68. The van der Waals surface area contributed by atoms with Gasteiger partial charge in [0.2, 0.25) is 11.0 Å². The predicted octanol–water partition coefficient (Wildman–Crippen LogP) is 3.46. The molecule has 2 unspecified atom stereocenters. The summed E-state index contributed by atoms with van der Waals surface area (Å²) < 4.78 is 0. The third-order valence-corrected chi connectivity index (χ3v) is 6.26. The lowest BCUT2D eigenvalue weighted by Crippen LogP contribution is -2.16. The Morgan fingerprint density at radius 1 is 1.10 bits per heavy atom. The first-order valence-electron chi connectivity index (χ1n) is 10.3. The zero-order chi connectivity index (χ0) is 20.8. The van der Waals surface area contributed by atoms with Crippen molar-refractivity contribution in [3.05, 3.63) is 52.9 Å². The Morgan fingerprint density at radius 2 is 2.03 bits per heavy atom. The van der Waals surface area contributed by atoms with E-state index < -0.39 is 0 Å². The zero-order valence-electron chi connectivity index (χ0n) is 16.9. The molecule has 2 atom stereocenters. The van der Waals surface area contributed by atoms with Gasteiger partial charge in [-0.05, 0) is 62.8 Å². The monoisotopic (exact) mass is 423 g/mol. The summed E-state index contributed by atoms with van der Waals surface area (Å²) in [5.74, 6) is 1.37. The van der Waals surface area contributed by atoms with Crippen LogP contribution in [0.3, 0.4) is 0 Å². The summed E-state index contributed by atoms with van der Waals surface area (Å²) in [4.78, 5) is 16.3. The molecule has 9 heteroatoms. The molecule has 0 saturated heterocycles. The van der Waals surface area contributed by atoms with Crippen molar-refractivity contribution in [3.8, 4) is 0 Å². The zero-order valence-corrected chi connectivity index (χ0v) is 17.7. The van der Waals surface area contributed by atoms with Gasteiger partial charge in [-0.15, -0.1) is 15.3 Å². The number of amides is 1. The highest BCUT2D eigenvalue weighted by molar-refractivity contribution is 7.15. The summed E-state index contributed by atoms with van der Waals surface area (Å²) in [6.45, 7) is 2.92. The van der Waals surface area contributed by atoms with Crippen LogP contribution in [0, 0.1) is 5.92 Å². The van der Waals surface area contributed by atoms with Crippen LogP contribution in [-0.4, -0.2) is 37.8 Å². The predicted molar refractivity (Wildman–Crippen MR) is 116 cm³/mol. The topological polar surface area (TPSA) is 106 Å². The number of carbonyl (C=O) groups is 1. The van der Waals surface area contributed by atoms with Crippen LogP contribution in [0.5, 0.6) is 0 Å². The molecule has 3 aromatic heterocycles. The summed E-state index contributed by atoms with van der Waals surface area (Å²) in [6, 6.07) is 9.28. The lowest BCUT2D eigenvalue weighted by atomic mass is 10.00. The van der Waals surface area contributed by atoms with Gasteiger partial charge in [-0.3, -0.25) is 9.78 Å². The van der Waals surface area contributed by atoms with Gasteiger partial charge >= 0.3 is 0 Å². The van der Waals surface area contributed by atoms with Gasteiger partial charge in [0, 0.05) is 24.4 Å². The fourth-order valence-corrected chi connectivity index (χ4v) is 4.75. The molecule has 4 rings (SSSR count). The van der Waals surface area contributed by atoms with E-state index in [4.69, 9.17) is 0 Å². The summed E-state index contributed by atoms with van der Waals surface area (Å²) in [6.07, 6.45) is 6.19. The second-order valence-electron chi connectivity index (χ2n) is 7.51. The highest BCUT2D eigenvalue weighted by atomic mass is 32.1. The van der Waals surface area contributed by atoms with Gasteiger partial charge in [-0.1, -0.05) is 17.4 Å². The lowest BCUT2D eigenvalue weighted by molar-refractivity contribution is -0.115. The van der Waals surface area contributed by atoms with Crippen molar-refractivity contribution in [2.24, 2.45) is 5.92 Å². The Bertz CT molecular complexity index is 961. The molecule has 8 nitrogen and oxygen atoms in total. The molecule has 156 valence electrons. The van der Waals surface area contributed by atoms with Crippen molar-refractivity contribution in [1.29, 1.82) is 0 Å². The molecule has 0 aliphatic heterocycles. The van der Waals surface area contributed by atoms with Crippen molar-refractivity contribution >= 4 is 28.2 Å². The molecule has 2 N–H and O–H groups in total. The minimum absolute atomic E-state index is 0.150. The maximum Gasteiger partial charge on any atom is 0.231 e. The fourth-order valence-electron chi connectivity index (χ4n) is 3.79. The maximum absolute atomic E-state index is 12.1. The van der Waals surface area contributed by atoms with Gasteiger partial charge in [0.15, 0.2) is 5.82 Å². The van der Waals surface area contributed by atoms with E-state index in [2.05, 4.69) is 42.9 Å². The largest absolute Gasteiger partial charge is 0.360 e. The molecule has 1 saturated carbocycles. The van der Waals surface area contributed by atoms with E-state index in [0.29, 0.717) is 17.7 Å². The number of carbonyl (C=O) groups excluding carboxylic acids is 1. The quantitative estimate of drug-likeness (QED) is 0.571. The molecule has 30 heavy (non-hydrogen) atoms. The van der Waals surface area contributed by atoms with Gasteiger partial charge in [-0.2, -0.15) is 5.10 Å². The number of hydrogen-bond donors (Lipinski definition) is 2. The average molecular weight is 424 g/mol. The molecule has 0 bridgehead atoms.